The first-order valence-corrected chi connectivity index (χ1v) is 9.58. The molecule has 3 nitrogen and oxygen atoms in total. The first-order valence-electron chi connectivity index (χ1n) is 9.58. The van der Waals surface area contributed by atoms with Gasteiger partial charge in [-0.3, -0.25) is 4.79 Å². The molecule has 2 saturated heterocycles. The SMILES string of the molecule is CCC1CCN(CCCN2CCC(C(=O)C(C)C)CC2)CC1. The molecule has 0 N–H and O–H groups in total. The maximum absolute atomic E-state index is 12.1. The van der Waals surface area contributed by atoms with E-state index < -0.39 is 0 Å². The van der Waals surface area contributed by atoms with Crippen LogP contribution in [0.3, 0.4) is 0 Å². The van der Waals surface area contributed by atoms with E-state index in [9.17, 15) is 4.79 Å². The van der Waals surface area contributed by atoms with Gasteiger partial charge in [-0.2, -0.15) is 0 Å². The Hall–Kier alpha value is -0.410. The Bertz CT molecular complexity index is 326. The zero-order valence-corrected chi connectivity index (χ0v) is 15.0. The summed E-state index contributed by atoms with van der Waals surface area (Å²) in [5.74, 6) is 2.01. The second kappa shape index (κ2) is 9.02. The molecule has 0 aromatic carbocycles. The fraction of sp³-hybridized carbons (Fsp3) is 0.947. The van der Waals surface area contributed by atoms with E-state index in [0.717, 1.165) is 31.8 Å². The number of Topliss-reactive ketones (excluding diaryl/α,β-unsaturated/α-hetero) is 1. The molecule has 0 atom stereocenters. The van der Waals surface area contributed by atoms with E-state index in [-0.39, 0.29) is 5.92 Å². The van der Waals surface area contributed by atoms with E-state index in [4.69, 9.17) is 0 Å². The van der Waals surface area contributed by atoms with Gasteiger partial charge in [0.1, 0.15) is 5.78 Å². The van der Waals surface area contributed by atoms with Crippen molar-refractivity contribution in [1.82, 2.24) is 9.80 Å². The minimum absolute atomic E-state index is 0.211. The molecule has 0 aromatic rings. The monoisotopic (exact) mass is 308 g/mol. The van der Waals surface area contributed by atoms with Crippen molar-refractivity contribution in [3.63, 3.8) is 0 Å². The molecule has 0 spiro atoms. The molecule has 2 rings (SSSR count). The van der Waals surface area contributed by atoms with E-state index in [1.54, 1.807) is 0 Å². The van der Waals surface area contributed by atoms with Crippen molar-refractivity contribution in [2.24, 2.45) is 17.8 Å². The first kappa shape index (κ1) is 17.9. The van der Waals surface area contributed by atoms with Gasteiger partial charge in [0.25, 0.3) is 0 Å². The van der Waals surface area contributed by atoms with Crippen molar-refractivity contribution >= 4 is 5.78 Å². The minimum Gasteiger partial charge on any atom is -0.303 e. The number of carbonyl (C=O) groups excluding carboxylic acids is 1. The van der Waals surface area contributed by atoms with Crippen molar-refractivity contribution in [1.29, 1.82) is 0 Å². The topological polar surface area (TPSA) is 23.6 Å². The smallest absolute Gasteiger partial charge is 0.138 e. The lowest BCUT2D eigenvalue weighted by Crippen LogP contribution is -2.39. The van der Waals surface area contributed by atoms with Crippen LogP contribution in [0, 0.1) is 17.8 Å². The van der Waals surface area contributed by atoms with Crippen LogP contribution in [0.4, 0.5) is 0 Å². The van der Waals surface area contributed by atoms with Crippen LogP contribution < -0.4 is 0 Å². The van der Waals surface area contributed by atoms with Gasteiger partial charge in [-0.25, -0.2) is 0 Å². The van der Waals surface area contributed by atoms with E-state index in [2.05, 4.69) is 16.7 Å². The third-order valence-corrected chi connectivity index (χ3v) is 5.79. The van der Waals surface area contributed by atoms with Gasteiger partial charge in [-0.1, -0.05) is 27.2 Å². The number of piperidine rings is 2. The second-order valence-corrected chi connectivity index (χ2v) is 7.72. The summed E-state index contributed by atoms with van der Waals surface area (Å²) in [4.78, 5) is 17.3. The van der Waals surface area contributed by atoms with Gasteiger partial charge in [-0.05, 0) is 77.3 Å². The summed E-state index contributed by atoms with van der Waals surface area (Å²) < 4.78 is 0. The molecule has 2 aliphatic heterocycles. The summed E-state index contributed by atoms with van der Waals surface area (Å²) in [7, 11) is 0. The fourth-order valence-corrected chi connectivity index (χ4v) is 4.05. The quantitative estimate of drug-likeness (QED) is 0.720. The summed E-state index contributed by atoms with van der Waals surface area (Å²) in [6.45, 7) is 13.8. The van der Waals surface area contributed by atoms with Gasteiger partial charge in [0, 0.05) is 11.8 Å². The number of carbonyl (C=O) groups is 1. The summed E-state index contributed by atoms with van der Waals surface area (Å²) in [5.41, 5.74) is 0. The van der Waals surface area contributed by atoms with Gasteiger partial charge >= 0.3 is 0 Å². The largest absolute Gasteiger partial charge is 0.303 e. The van der Waals surface area contributed by atoms with Gasteiger partial charge in [-0.15, -0.1) is 0 Å². The highest BCUT2D eigenvalue weighted by atomic mass is 16.1. The zero-order valence-electron chi connectivity index (χ0n) is 15.0. The average molecular weight is 309 g/mol. The minimum atomic E-state index is 0.211. The van der Waals surface area contributed by atoms with Crippen LogP contribution in [0.5, 0.6) is 0 Å². The van der Waals surface area contributed by atoms with Crippen LogP contribution in [0.25, 0.3) is 0 Å². The van der Waals surface area contributed by atoms with Gasteiger partial charge in [0.15, 0.2) is 0 Å². The Morgan fingerprint density at radius 2 is 1.45 bits per heavy atom. The Kier molecular flexibility index (Phi) is 7.36. The molecule has 0 aromatic heterocycles. The predicted octanol–water partition coefficient (Wildman–Crippen LogP) is 3.44. The van der Waals surface area contributed by atoms with Crippen LogP contribution in [0.2, 0.25) is 0 Å². The normalized spacial score (nSPS) is 23.3. The lowest BCUT2D eigenvalue weighted by atomic mass is 9.87. The van der Waals surface area contributed by atoms with E-state index in [1.807, 2.05) is 13.8 Å². The lowest BCUT2D eigenvalue weighted by molar-refractivity contribution is -0.127. The summed E-state index contributed by atoms with van der Waals surface area (Å²) in [6.07, 6.45) is 7.62. The molecule has 3 heteroatoms. The molecule has 0 amide bonds. The molecule has 0 unspecified atom stereocenters. The predicted molar refractivity (Wildman–Crippen MR) is 93.1 cm³/mol. The molecule has 128 valence electrons. The maximum Gasteiger partial charge on any atom is 0.138 e. The molecule has 2 heterocycles. The number of likely N-dealkylation sites (tertiary alicyclic amines) is 2. The highest BCUT2D eigenvalue weighted by Crippen LogP contribution is 2.22. The molecule has 0 saturated carbocycles. The number of nitrogens with zero attached hydrogens (tertiary/aromatic N) is 2. The molecule has 22 heavy (non-hydrogen) atoms. The van der Waals surface area contributed by atoms with Crippen molar-refractivity contribution in [3.05, 3.63) is 0 Å². The highest BCUT2D eigenvalue weighted by molar-refractivity contribution is 5.82. The number of hydrogen-bond donors (Lipinski definition) is 0. The maximum atomic E-state index is 12.1. The van der Waals surface area contributed by atoms with Crippen LogP contribution in [0.1, 0.15) is 59.3 Å². The zero-order chi connectivity index (χ0) is 15.9. The van der Waals surface area contributed by atoms with E-state index >= 15 is 0 Å². The standard InChI is InChI=1S/C19H36N2O/c1-4-17-6-12-20(13-7-17)10-5-11-21-14-8-18(9-15-21)19(22)16(2)3/h16-18H,4-15H2,1-3H3. The molecule has 0 aliphatic carbocycles. The Labute approximate surface area is 137 Å². The van der Waals surface area contributed by atoms with Crippen LogP contribution >= 0.6 is 0 Å². The Morgan fingerprint density at radius 1 is 0.955 bits per heavy atom. The van der Waals surface area contributed by atoms with Gasteiger partial charge in [0.05, 0.1) is 0 Å². The third-order valence-electron chi connectivity index (χ3n) is 5.79. The Balaban J connectivity index is 1.57. The van der Waals surface area contributed by atoms with Crippen LogP contribution in [-0.2, 0) is 4.79 Å². The van der Waals surface area contributed by atoms with Crippen LogP contribution in [0.15, 0.2) is 0 Å². The molecule has 0 bridgehead atoms. The lowest BCUT2D eigenvalue weighted by Gasteiger charge is -2.34. The molecular formula is C19H36N2O. The van der Waals surface area contributed by atoms with Crippen LogP contribution in [-0.4, -0.2) is 54.9 Å². The molecular weight excluding hydrogens is 272 g/mol. The van der Waals surface area contributed by atoms with Crippen molar-refractivity contribution in [3.8, 4) is 0 Å². The van der Waals surface area contributed by atoms with Gasteiger partial charge < -0.3 is 9.80 Å². The second-order valence-electron chi connectivity index (χ2n) is 7.72. The average Bonchev–Trinajstić information content (AvgIpc) is 2.55. The molecule has 2 aliphatic rings. The van der Waals surface area contributed by atoms with Gasteiger partial charge in [0.2, 0.25) is 0 Å². The summed E-state index contributed by atoms with van der Waals surface area (Å²) in [6, 6.07) is 0. The van der Waals surface area contributed by atoms with E-state index in [0.29, 0.717) is 11.7 Å². The van der Waals surface area contributed by atoms with E-state index in [1.165, 1.54) is 51.9 Å². The summed E-state index contributed by atoms with van der Waals surface area (Å²) in [5, 5.41) is 0. The van der Waals surface area contributed by atoms with Crippen molar-refractivity contribution < 1.29 is 4.79 Å². The molecule has 2 fully saturated rings. The molecule has 0 radical (unpaired) electrons. The highest BCUT2D eigenvalue weighted by Gasteiger charge is 2.26. The first-order chi connectivity index (χ1) is 10.6. The number of rotatable bonds is 7. The number of hydrogen-bond acceptors (Lipinski definition) is 3. The fourth-order valence-electron chi connectivity index (χ4n) is 4.05. The summed E-state index contributed by atoms with van der Waals surface area (Å²) >= 11 is 0. The van der Waals surface area contributed by atoms with Crippen molar-refractivity contribution in [2.45, 2.75) is 59.3 Å². The third kappa shape index (κ3) is 5.34. The number of ketones is 1. The van der Waals surface area contributed by atoms with Crippen molar-refractivity contribution in [2.75, 3.05) is 39.3 Å². The Morgan fingerprint density at radius 3 is 1.91 bits per heavy atom.